The molecule has 0 spiro atoms. The third kappa shape index (κ3) is 5.73. The van der Waals surface area contributed by atoms with E-state index in [4.69, 9.17) is 0 Å². The second kappa shape index (κ2) is 10.7. The molecule has 33 heavy (non-hydrogen) atoms. The molecule has 0 aliphatic heterocycles. The number of halogens is 1. The fraction of sp³-hybridized carbons (Fsp3) is 0.111. The zero-order chi connectivity index (χ0) is 23.0. The molecule has 3 aromatic carbocycles. The van der Waals surface area contributed by atoms with Crippen molar-refractivity contribution in [1.82, 2.24) is 5.32 Å². The van der Waals surface area contributed by atoms with Gasteiger partial charge in [0.05, 0.1) is 6.42 Å². The van der Waals surface area contributed by atoms with E-state index in [-0.39, 0.29) is 18.2 Å². The van der Waals surface area contributed by atoms with Crippen molar-refractivity contribution in [3.05, 3.63) is 124 Å². The topological polar surface area (TPSA) is 49.4 Å². The second-order valence-corrected chi connectivity index (χ2v) is 8.55. The second-order valence-electron chi connectivity index (χ2n) is 7.51. The van der Waals surface area contributed by atoms with E-state index in [2.05, 4.69) is 5.32 Å². The normalized spacial score (nSPS) is 11.5. The number of anilines is 1. The quantitative estimate of drug-likeness (QED) is 0.378. The molecular formula is C27H23FN2O2S. The lowest BCUT2D eigenvalue weighted by Gasteiger charge is -2.31. The number of nitrogens with zero attached hydrogens (tertiary/aromatic N) is 1. The van der Waals surface area contributed by atoms with E-state index in [1.807, 2.05) is 78.2 Å². The van der Waals surface area contributed by atoms with Gasteiger partial charge in [0.2, 0.25) is 11.8 Å². The number of carbonyl (C=O) groups is 2. The third-order valence-electron chi connectivity index (χ3n) is 5.21. The Kier molecular flexibility index (Phi) is 7.27. The smallest absolute Gasteiger partial charge is 0.248 e. The predicted molar refractivity (Wildman–Crippen MR) is 129 cm³/mol. The van der Waals surface area contributed by atoms with Crippen molar-refractivity contribution < 1.29 is 14.0 Å². The fourth-order valence-electron chi connectivity index (χ4n) is 3.62. The number of benzene rings is 3. The zero-order valence-electron chi connectivity index (χ0n) is 17.9. The molecule has 1 aromatic heterocycles. The summed E-state index contributed by atoms with van der Waals surface area (Å²) in [4.78, 5) is 29.4. The van der Waals surface area contributed by atoms with Gasteiger partial charge in [-0.1, -0.05) is 66.7 Å². The molecule has 1 heterocycles. The Bertz CT molecular complexity index is 1180. The van der Waals surface area contributed by atoms with E-state index in [0.717, 1.165) is 10.4 Å². The SMILES string of the molecule is O=C(NCc1ccccc1)C(c1ccccc1)N(C(=O)Cc1cccs1)c1ccc(F)cc1. The molecule has 166 valence electrons. The molecule has 2 amide bonds. The lowest BCUT2D eigenvalue weighted by molar-refractivity contribution is -0.126. The number of amides is 2. The molecular weight excluding hydrogens is 435 g/mol. The standard InChI is InChI=1S/C27H23FN2O2S/c28-22-13-15-23(16-14-22)30(25(31)18-24-12-7-17-33-24)26(21-10-5-2-6-11-21)27(32)29-19-20-8-3-1-4-9-20/h1-17,26H,18-19H2,(H,29,32). The Morgan fingerprint density at radius 1 is 0.848 bits per heavy atom. The molecule has 0 aliphatic carbocycles. The largest absolute Gasteiger partial charge is 0.350 e. The molecule has 4 rings (SSSR count). The minimum atomic E-state index is -0.909. The highest BCUT2D eigenvalue weighted by Crippen LogP contribution is 2.29. The molecule has 0 saturated carbocycles. The van der Waals surface area contributed by atoms with Crippen molar-refractivity contribution in [2.45, 2.75) is 19.0 Å². The molecule has 1 N–H and O–H groups in total. The van der Waals surface area contributed by atoms with Gasteiger partial charge in [-0.2, -0.15) is 0 Å². The molecule has 4 nitrogen and oxygen atoms in total. The van der Waals surface area contributed by atoms with Crippen LogP contribution in [0.5, 0.6) is 0 Å². The number of hydrogen-bond acceptors (Lipinski definition) is 3. The number of thiophene rings is 1. The van der Waals surface area contributed by atoms with Gasteiger partial charge < -0.3 is 5.32 Å². The van der Waals surface area contributed by atoms with Gasteiger partial charge in [-0.25, -0.2) is 4.39 Å². The van der Waals surface area contributed by atoms with Crippen LogP contribution in [0.3, 0.4) is 0 Å². The summed E-state index contributed by atoms with van der Waals surface area (Å²) >= 11 is 1.48. The van der Waals surface area contributed by atoms with Crippen LogP contribution in [0.25, 0.3) is 0 Å². The first kappa shape index (κ1) is 22.4. The van der Waals surface area contributed by atoms with E-state index in [1.54, 1.807) is 0 Å². The van der Waals surface area contributed by atoms with Gasteiger partial charge in [-0.05, 0) is 46.8 Å². The summed E-state index contributed by atoms with van der Waals surface area (Å²) in [6.07, 6.45) is 0.143. The van der Waals surface area contributed by atoms with Gasteiger partial charge in [0.1, 0.15) is 11.9 Å². The van der Waals surface area contributed by atoms with Crippen molar-refractivity contribution in [2.24, 2.45) is 0 Å². The monoisotopic (exact) mass is 458 g/mol. The van der Waals surface area contributed by atoms with E-state index >= 15 is 0 Å². The fourth-order valence-corrected chi connectivity index (χ4v) is 4.32. The Morgan fingerprint density at radius 3 is 2.15 bits per heavy atom. The van der Waals surface area contributed by atoms with Crippen LogP contribution in [0.15, 0.2) is 102 Å². The summed E-state index contributed by atoms with van der Waals surface area (Å²) in [6, 6.07) is 27.3. The lowest BCUT2D eigenvalue weighted by atomic mass is 10.0. The van der Waals surface area contributed by atoms with Crippen molar-refractivity contribution in [3.63, 3.8) is 0 Å². The average Bonchev–Trinajstić information content (AvgIpc) is 3.36. The van der Waals surface area contributed by atoms with Crippen LogP contribution in [0, 0.1) is 5.82 Å². The number of carbonyl (C=O) groups excluding carboxylic acids is 2. The number of nitrogens with one attached hydrogen (secondary N) is 1. The first-order chi connectivity index (χ1) is 16.1. The zero-order valence-corrected chi connectivity index (χ0v) is 18.7. The average molecular weight is 459 g/mol. The van der Waals surface area contributed by atoms with E-state index in [0.29, 0.717) is 17.8 Å². The Labute approximate surface area is 196 Å². The molecule has 0 fully saturated rings. The summed E-state index contributed by atoms with van der Waals surface area (Å²) < 4.78 is 13.7. The highest BCUT2D eigenvalue weighted by atomic mass is 32.1. The van der Waals surface area contributed by atoms with Gasteiger partial charge in [-0.3, -0.25) is 14.5 Å². The van der Waals surface area contributed by atoms with Crippen molar-refractivity contribution in [3.8, 4) is 0 Å². The van der Waals surface area contributed by atoms with Crippen LogP contribution in [-0.2, 0) is 22.6 Å². The molecule has 6 heteroatoms. The highest BCUT2D eigenvalue weighted by molar-refractivity contribution is 7.10. The molecule has 0 saturated heterocycles. The van der Waals surface area contributed by atoms with Gasteiger partial charge in [0.15, 0.2) is 0 Å². The van der Waals surface area contributed by atoms with E-state index in [9.17, 15) is 14.0 Å². The van der Waals surface area contributed by atoms with Crippen molar-refractivity contribution in [1.29, 1.82) is 0 Å². The minimum absolute atomic E-state index is 0.143. The van der Waals surface area contributed by atoms with Crippen molar-refractivity contribution in [2.75, 3.05) is 4.90 Å². The molecule has 0 radical (unpaired) electrons. The Morgan fingerprint density at radius 2 is 1.52 bits per heavy atom. The molecule has 1 atom stereocenters. The molecule has 1 unspecified atom stereocenters. The van der Waals surface area contributed by atoms with Crippen LogP contribution in [0.2, 0.25) is 0 Å². The lowest BCUT2D eigenvalue weighted by Crippen LogP contribution is -2.44. The summed E-state index contributed by atoms with van der Waals surface area (Å²) in [5.41, 5.74) is 2.09. The number of rotatable bonds is 8. The maximum atomic E-state index is 13.7. The highest BCUT2D eigenvalue weighted by Gasteiger charge is 2.32. The van der Waals surface area contributed by atoms with Crippen LogP contribution in [0.4, 0.5) is 10.1 Å². The van der Waals surface area contributed by atoms with Gasteiger partial charge in [0.25, 0.3) is 0 Å². The molecule has 0 bridgehead atoms. The van der Waals surface area contributed by atoms with Gasteiger partial charge in [0, 0.05) is 17.1 Å². The van der Waals surface area contributed by atoms with Crippen LogP contribution in [-0.4, -0.2) is 11.8 Å². The summed E-state index contributed by atoms with van der Waals surface area (Å²) in [5.74, 6) is -0.962. The molecule has 0 aliphatic rings. The summed E-state index contributed by atoms with van der Waals surface area (Å²) in [5, 5.41) is 4.88. The maximum absolute atomic E-state index is 13.7. The Hall–Kier alpha value is -3.77. The van der Waals surface area contributed by atoms with Gasteiger partial charge >= 0.3 is 0 Å². The van der Waals surface area contributed by atoms with E-state index in [1.165, 1.54) is 40.5 Å². The van der Waals surface area contributed by atoms with Crippen LogP contribution < -0.4 is 10.2 Å². The third-order valence-corrected chi connectivity index (χ3v) is 6.09. The predicted octanol–water partition coefficient (Wildman–Crippen LogP) is 5.52. The Balaban J connectivity index is 1.71. The van der Waals surface area contributed by atoms with Crippen LogP contribution >= 0.6 is 11.3 Å². The first-order valence-corrected chi connectivity index (χ1v) is 11.5. The first-order valence-electron chi connectivity index (χ1n) is 10.6. The van der Waals surface area contributed by atoms with Crippen LogP contribution in [0.1, 0.15) is 22.0 Å². The van der Waals surface area contributed by atoms with Crippen molar-refractivity contribution >= 4 is 28.8 Å². The summed E-state index contributed by atoms with van der Waals surface area (Å²) in [6.45, 7) is 0.333. The van der Waals surface area contributed by atoms with Gasteiger partial charge in [-0.15, -0.1) is 11.3 Å². The summed E-state index contributed by atoms with van der Waals surface area (Å²) in [7, 11) is 0. The molecule has 4 aromatic rings. The minimum Gasteiger partial charge on any atom is -0.350 e. The maximum Gasteiger partial charge on any atom is 0.248 e. The number of hydrogen-bond donors (Lipinski definition) is 1. The van der Waals surface area contributed by atoms with E-state index < -0.39 is 11.9 Å².